The predicted octanol–water partition coefficient (Wildman–Crippen LogP) is 2.96. The van der Waals surface area contributed by atoms with Crippen molar-refractivity contribution in [3.63, 3.8) is 0 Å². The normalized spacial score (nSPS) is 17.4. The van der Waals surface area contributed by atoms with Crippen molar-refractivity contribution < 1.29 is 8.42 Å². The third kappa shape index (κ3) is 3.19. The number of sulfonamides is 1. The molecular formula is C16H20N2O2S2. The second-order valence-electron chi connectivity index (χ2n) is 5.45. The summed E-state index contributed by atoms with van der Waals surface area (Å²) in [6, 6.07) is 13.8. The maximum absolute atomic E-state index is 12.7. The van der Waals surface area contributed by atoms with E-state index in [2.05, 4.69) is 17.0 Å². The van der Waals surface area contributed by atoms with E-state index < -0.39 is 10.0 Å². The number of anilines is 1. The average Bonchev–Trinajstić information content (AvgIpc) is 2.82. The lowest BCUT2D eigenvalue weighted by Crippen LogP contribution is -2.34. The molecule has 1 aliphatic heterocycles. The van der Waals surface area contributed by atoms with Gasteiger partial charge >= 0.3 is 0 Å². The Balaban J connectivity index is 1.75. The van der Waals surface area contributed by atoms with E-state index in [0.29, 0.717) is 17.3 Å². The molecule has 2 aromatic rings. The van der Waals surface area contributed by atoms with E-state index in [4.69, 9.17) is 0 Å². The zero-order valence-corrected chi connectivity index (χ0v) is 14.2. The molecule has 0 saturated carbocycles. The first-order valence-corrected chi connectivity index (χ1v) is 9.69. The molecule has 1 aromatic heterocycles. The standard InChI is InChI=1S/C16H20N2O2S2/c1-14-8-9-16(21-14)22(19,20)18-11-5-10-17(12-13-18)15-6-3-2-4-7-15/h2-4,6-9H,5,10-13H2,1H3. The topological polar surface area (TPSA) is 40.6 Å². The maximum atomic E-state index is 12.7. The van der Waals surface area contributed by atoms with Crippen LogP contribution in [-0.2, 0) is 10.0 Å². The zero-order chi connectivity index (χ0) is 15.6. The summed E-state index contributed by atoms with van der Waals surface area (Å²) in [4.78, 5) is 3.29. The molecule has 6 heteroatoms. The molecule has 0 amide bonds. The van der Waals surface area contributed by atoms with Crippen LogP contribution in [0.2, 0.25) is 0 Å². The highest BCUT2D eigenvalue weighted by Gasteiger charge is 2.28. The molecule has 3 rings (SSSR count). The Hall–Kier alpha value is -1.37. The number of hydrogen-bond acceptors (Lipinski definition) is 4. The van der Waals surface area contributed by atoms with Gasteiger partial charge in [-0.1, -0.05) is 18.2 Å². The highest BCUT2D eigenvalue weighted by Crippen LogP contribution is 2.26. The van der Waals surface area contributed by atoms with Gasteiger partial charge in [0.25, 0.3) is 10.0 Å². The maximum Gasteiger partial charge on any atom is 0.252 e. The van der Waals surface area contributed by atoms with Gasteiger partial charge in [-0.2, -0.15) is 4.31 Å². The summed E-state index contributed by atoms with van der Waals surface area (Å²) < 4.78 is 27.5. The molecule has 0 N–H and O–H groups in total. The Kier molecular flexibility index (Phi) is 4.52. The number of aryl methyl sites for hydroxylation is 1. The van der Waals surface area contributed by atoms with E-state index in [0.717, 1.165) is 30.1 Å². The first-order chi connectivity index (χ1) is 10.6. The van der Waals surface area contributed by atoms with Crippen molar-refractivity contribution in [2.45, 2.75) is 17.6 Å². The molecule has 0 radical (unpaired) electrons. The molecule has 2 heterocycles. The van der Waals surface area contributed by atoms with Gasteiger partial charge < -0.3 is 4.90 Å². The minimum absolute atomic E-state index is 0.457. The van der Waals surface area contributed by atoms with Crippen LogP contribution in [0.3, 0.4) is 0 Å². The van der Waals surface area contributed by atoms with E-state index >= 15 is 0 Å². The SMILES string of the molecule is Cc1ccc(S(=O)(=O)N2CCCN(c3ccccc3)CC2)s1. The van der Waals surface area contributed by atoms with Gasteiger partial charge in [-0.15, -0.1) is 11.3 Å². The van der Waals surface area contributed by atoms with Gasteiger partial charge in [0.05, 0.1) is 0 Å². The van der Waals surface area contributed by atoms with E-state index in [1.807, 2.05) is 31.2 Å². The van der Waals surface area contributed by atoms with Gasteiger partial charge in [0.1, 0.15) is 4.21 Å². The fourth-order valence-corrected chi connectivity index (χ4v) is 5.62. The summed E-state index contributed by atoms with van der Waals surface area (Å²) in [7, 11) is -3.34. The average molecular weight is 336 g/mol. The monoisotopic (exact) mass is 336 g/mol. The summed E-state index contributed by atoms with van der Waals surface area (Å²) in [5, 5.41) is 0. The Bertz CT molecular complexity index is 726. The molecule has 1 fully saturated rings. The van der Waals surface area contributed by atoms with Crippen LogP contribution in [0.15, 0.2) is 46.7 Å². The molecule has 1 saturated heterocycles. The quantitative estimate of drug-likeness (QED) is 0.865. The molecule has 0 aliphatic carbocycles. The summed E-state index contributed by atoms with van der Waals surface area (Å²) >= 11 is 1.35. The Morgan fingerprint density at radius 3 is 2.41 bits per heavy atom. The highest BCUT2D eigenvalue weighted by atomic mass is 32.2. The molecule has 22 heavy (non-hydrogen) atoms. The molecule has 4 nitrogen and oxygen atoms in total. The van der Waals surface area contributed by atoms with Crippen molar-refractivity contribution in [2.24, 2.45) is 0 Å². The number of thiophene rings is 1. The Labute approximate surface area is 136 Å². The third-order valence-electron chi connectivity index (χ3n) is 3.89. The summed E-state index contributed by atoms with van der Waals surface area (Å²) in [5.74, 6) is 0. The second-order valence-corrected chi connectivity index (χ2v) is 8.90. The minimum atomic E-state index is -3.34. The summed E-state index contributed by atoms with van der Waals surface area (Å²) in [6.07, 6.45) is 0.846. The highest BCUT2D eigenvalue weighted by molar-refractivity contribution is 7.91. The Morgan fingerprint density at radius 2 is 1.73 bits per heavy atom. The van der Waals surface area contributed by atoms with Crippen LogP contribution in [0.25, 0.3) is 0 Å². The molecule has 0 bridgehead atoms. The van der Waals surface area contributed by atoms with Gasteiger partial charge in [0, 0.05) is 36.7 Å². The van der Waals surface area contributed by atoms with E-state index in [1.54, 1.807) is 10.4 Å². The first-order valence-electron chi connectivity index (χ1n) is 7.44. The number of rotatable bonds is 3. The van der Waals surface area contributed by atoms with Crippen LogP contribution < -0.4 is 4.90 Å². The van der Waals surface area contributed by atoms with Crippen LogP contribution in [0.1, 0.15) is 11.3 Å². The van der Waals surface area contributed by atoms with Crippen molar-refractivity contribution in [3.05, 3.63) is 47.3 Å². The van der Waals surface area contributed by atoms with Crippen molar-refractivity contribution in [1.29, 1.82) is 0 Å². The van der Waals surface area contributed by atoms with E-state index in [1.165, 1.54) is 11.3 Å². The smallest absolute Gasteiger partial charge is 0.252 e. The lowest BCUT2D eigenvalue weighted by Gasteiger charge is -2.23. The van der Waals surface area contributed by atoms with Crippen molar-refractivity contribution in [3.8, 4) is 0 Å². The lowest BCUT2D eigenvalue weighted by atomic mass is 10.3. The van der Waals surface area contributed by atoms with Crippen molar-refractivity contribution in [2.75, 3.05) is 31.1 Å². The second kappa shape index (κ2) is 6.40. The molecule has 1 aromatic carbocycles. The third-order valence-corrected chi connectivity index (χ3v) is 7.25. The summed E-state index contributed by atoms with van der Waals surface area (Å²) in [5.41, 5.74) is 1.16. The van der Waals surface area contributed by atoms with E-state index in [-0.39, 0.29) is 0 Å². The molecular weight excluding hydrogens is 316 g/mol. The molecule has 0 atom stereocenters. The number of benzene rings is 1. The van der Waals surface area contributed by atoms with Crippen LogP contribution in [-0.4, -0.2) is 38.9 Å². The minimum Gasteiger partial charge on any atom is -0.370 e. The van der Waals surface area contributed by atoms with Gasteiger partial charge in [0.15, 0.2) is 0 Å². The van der Waals surface area contributed by atoms with Gasteiger partial charge in [-0.05, 0) is 37.6 Å². The lowest BCUT2D eigenvalue weighted by molar-refractivity contribution is 0.434. The number of nitrogens with zero attached hydrogens (tertiary/aromatic N) is 2. The fourth-order valence-electron chi connectivity index (χ4n) is 2.71. The molecule has 0 unspecified atom stereocenters. The first kappa shape index (κ1) is 15.5. The van der Waals surface area contributed by atoms with Gasteiger partial charge in [-0.25, -0.2) is 8.42 Å². The van der Waals surface area contributed by atoms with Crippen LogP contribution >= 0.6 is 11.3 Å². The number of para-hydroxylation sites is 1. The summed E-state index contributed by atoms with van der Waals surface area (Å²) in [6.45, 7) is 4.67. The number of hydrogen-bond donors (Lipinski definition) is 0. The Morgan fingerprint density at radius 1 is 0.955 bits per heavy atom. The van der Waals surface area contributed by atoms with Gasteiger partial charge in [-0.3, -0.25) is 0 Å². The van der Waals surface area contributed by atoms with Crippen LogP contribution in [0.4, 0.5) is 5.69 Å². The van der Waals surface area contributed by atoms with Crippen molar-refractivity contribution in [1.82, 2.24) is 4.31 Å². The molecule has 118 valence electrons. The van der Waals surface area contributed by atoms with Crippen LogP contribution in [0.5, 0.6) is 0 Å². The molecule has 0 spiro atoms. The van der Waals surface area contributed by atoms with Gasteiger partial charge in [0.2, 0.25) is 0 Å². The van der Waals surface area contributed by atoms with Crippen LogP contribution in [0, 0.1) is 6.92 Å². The predicted molar refractivity (Wildman–Crippen MR) is 91.1 cm³/mol. The van der Waals surface area contributed by atoms with Crippen molar-refractivity contribution >= 4 is 27.0 Å². The largest absolute Gasteiger partial charge is 0.370 e. The zero-order valence-electron chi connectivity index (χ0n) is 12.6. The molecule has 1 aliphatic rings. The van der Waals surface area contributed by atoms with E-state index in [9.17, 15) is 8.42 Å². The fraction of sp³-hybridized carbons (Fsp3) is 0.375.